The Kier molecular flexibility index (Phi) is 8.32. The zero-order chi connectivity index (χ0) is 16.6. The first-order chi connectivity index (χ1) is 9.67. The highest BCUT2D eigenvalue weighted by molar-refractivity contribution is 5.75. The maximum Gasteiger partial charge on any atom is 0.364 e. The summed E-state index contributed by atoms with van der Waals surface area (Å²) in [7, 11) is 0. The highest BCUT2D eigenvalue weighted by Gasteiger charge is 2.42. The molecule has 0 spiro atoms. The lowest BCUT2D eigenvalue weighted by Crippen LogP contribution is -2.54. The molecule has 0 aliphatic heterocycles. The van der Waals surface area contributed by atoms with Gasteiger partial charge in [-0.3, -0.25) is 4.79 Å². The molecule has 0 fully saturated rings. The Balaban J connectivity index is 5.09. The number of aliphatic hydroxyl groups excluding tert-OH is 4. The van der Waals surface area contributed by atoms with Crippen molar-refractivity contribution in [3.05, 3.63) is 0 Å². The number of carbonyl (C=O) groups is 2. The first kappa shape index (κ1) is 19.7. The summed E-state index contributed by atoms with van der Waals surface area (Å²) in [5.74, 6) is -5.14. The van der Waals surface area contributed by atoms with E-state index in [0.717, 1.165) is 6.92 Å². The topological polar surface area (TPSA) is 177 Å². The molecular weight excluding hydrogens is 290 g/mol. The van der Waals surface area contributed by atoms with E-state index < -0.39 is 62.2 Å². The van der Waals surface area contributed by atoms with Crippen LogP contribution >= 0.6 is 0 Å². The zero-order valence-corrected chi connectivity index (χ0v) is 11.5. The van der Waals surface area contributed by atoms with Gasteiger partial charge in [0.2, 0.25) is 5.91 Å². The van der Waals surface area contributed by atoms with Gasteiger partial charge in [0, 0.05) is 26.5 Å². The lowest BCUT2D eigenvalue weighted by molar-refractivity contribution is -0.260. The number of carboxylic acid groups (broad SMARTS) is 1. The van der Waals surface area contributed by atoms with E-state index in [1.807, 2.05) is 0 Å². The predicted molar refractivity (Wildman–Crippen MR) is 66.9 cm³/mol. The van der Waals surface area contributed by atoms with E-state index in [1.165, 1.54) is 0 Å². The van der Waals surface area contributed by atoms with Gasteiger partial charge in [-0.25, -0.2) is 4.79 Å². The van der Waals surface area contributed by atoms with E-state index in [0.29, 0.717) is 0 Å². The van der Waals surface area contributed by atoms with Crippen molar-refractivity contribution in [3.63, 3.8) is 0 Å². The molecule has 124 valence electrons. The van der Waals surface area contributed by atoms with Gasteiger partial charge in [0.1, 0.15) is 18.3 Å². The first-order valence-corrected chi connectivity index (χ1v) is 6.13. The molecule has 0 bridgehead atoms. The SMILES string of the molecule is CC(=O)NCC(O[C@](O)(CCO)C(=O)O)[C@H](O)[C@H](O)CO. The number of aliphatic carboxylic acids is 1. The lowest BCUT2D eigenvalue weighted by Gasteiger charge is -2.32. The Hall–Kier alpha value is -1.30. The van der Waals surface area contributed by atoms with E-state index in [9.17, 15) is 24.9 Å². The number of rotatable bonds is 10. The first-order valence-electron chi connectivity index (χ1n) is 6.13. The molecule has 10 nitrogen and oxygen atoms in total. The summed E-state index contributed by atoms with van der Waals surface area (Å²) in [6.45, 7) is -0.821. The van der Waals surface area contributed by atoms with Crippen molar-refractivity contribution in [2.24, 2.45) is 0 Å². The monoisotopic (exact) mass is 311 g/mol. The Morgan fingerprint density at radius 3 is 2.24 bits per heavy atom. The van der Waals surface area contributed by atoms with Crippen molar-refractivity contribution < 1.29 is 45.0 Å². The standard InChI is InChI=1S/C11H21NO9/c1-6(15)12-4-8(9(17)7(16)5-14)21-11(20,2-3-13)10(18)19/h7-9,13-14,16-17,20H,2-5H2,1H3,(H,12,15)(H,18,19)/t7-,8?,9-,11-/m1/s1. The fraction of sp³-hybridized carbons (Fsp3) is 0.818. The summed E-state index contributed by atoms with van der Waals surface area (Å²) < 4.78 is 4.84. The van der Waals surface area contributed by atoms with Crippen LogP contribution in [-0.2, 0) is 14.3 Å². The van der Waals surface area contributed by atoms with Gasteiger partial charge in [0.05, 0.1) is 6.61 Å². The van der Waals surface area contributed by atoms with Crippen molar-refractivity contribution in [2.45, 2.75) is 37.4 Å². The second kappa shape index (κ2) is 8.87. The minimum Gasteiger partial charge on any atom is -0.477 e. The van der Waals surface area contributed by atoms with Crippen molar-refractivity contribution >= 4 is 11.9 Å². The molecule has 4 atom stereocenters. The van der Waals surface area contributed by atoms with Crippen molar-refractivity contribution in [3.8, 4) is 0 Å². The molecule has 7 N–H and O–H groups in total. The summed E-state index contributed by atoms with van der Waals surface area (Å²) in [6, 6.07) is 0. The van der Waals surface area contributed by atoms with Crippen molar-refractivity contribution in [2.75, 3.05) is 19.8 Å². The minimum atomic E-state index is -2.81. The molecule has 0 aromatic heterocycles. The minimum absolute atomic E-state index is 0.422. The normalized spacial score (nSPS) is 18.4. The third kappa shape index (κ3) is 6.33. The van der Waals surface area contributed by atoms with Crippen LogP contribution in [0.25, 0.3) is 0 Å². The van der Waals surface area contributed by atoms with E-state index in [-0.39, 0.29) is 0 Å². The van der Waals surface area contributed by atoms with Crippen LogP contribution in [0.4, 0.5) is 0 Å². The summed E-state index contributed by atoms with van der Waals surface area (Å²) in [5.41, 5.74) is 0. The van der Waals surface area contributed by atoms with Crippen LogP contribution in [0.2, 0.25) is 0 Å². The highest BCUT2D eigenvalue weighted by Crippen LogP contribution is 2.18. The number of hydrogen-bond donors (Lipinski definition) is 7. The fourth-order valence-electron chi connectivity index (χ4n) is 1.45. The van der Waals surface area contributed by atoms with Crippen LogP contribution in [0.1, 0.15) is 13.3 Å². The highest BCUT2D eigenvalue weighted by atomic mass is 16.7. The number of nitrogens with one attached hydrogen (secondary N) is 1. The summed E-state index contributed by atoms with van der Waals surface area (Å²) in [6.07, 6.45) is -5.66. The van der Waals surface area contributed by atoms with Gasteiger partial charge in [-0.1, -0.05) is 0 Å². The molecule has 0 aromatic carbocycles. The van der Waals surface area contributed by atoms with E-state index in [2.05, 4.69) is 5.32 Å². The van der Waals surface area contributed by atoms with Crippen LogP contribution in [0, 0.1) is 0 Å². The van der Waals surface area contributed by atoms with Gasteiger partial charge in [-0.2, -0.15) is 0 Å². The molecule has 10 heteroatoms. The summed E-state index contributed by atoms with van der Waals surface area (Å²) >= 11 is 0. The van der Waals surface area contributed by atoms with Crippen LogP contribution < -0.4 is 5.32 Å². The molecule has 0 aromatic rings. The molecule has 0 saturated heterocycles. The molecule has 0 saturated carbocycles. The molecule has 0 rings (SSSR count). The van der Waals surface area contributed by atoms with Crippen LogP contribution in [0.5, 0.6) is 0 Å². The van der Waals surface area contributed by atoms with Gasteiger partial charge in [-0.05, 0) is 0 Å². The number of hydrogen-bond acceptors (Lipinski definition) is 8. The Labute approximate surface area is 120 Å². The number of amides is 1. The maximum atomic E-state index is 11.0. The van der Waals surface area contributed by atoms with Crippen LogP contribution in [0.15, 0.2) is 0 Å². The fourth-order valence-corrected chi connectivity index (χ4v) is 1.45. The van der Waals surface area contributed by atoms with Gasteiger partial charge in [0.25, 0.3) is 5.79 Å². The van der Waals surface area contributed by atoms with Gasteiger partial charge >= 0.3 is 5.97 Å². The quantitative estimate of drug-likeness (QED) is 0.201. The van der Waals surface area contributed by atoms with E-state index in [1.54, 1.807) is 0 Å². The summed E-state index contributed by atoms with van der Waals surface area (Å²) in [5, 5.41) is 57.5. The third-order valence-corrected chi connectivity index (χ3v) is 2.65. The number of carbonyl (C=O) groups excluding carboxylic acids is 1. The van der Waals surface area contributed by atoms with Crippen LogP contribution in [-0.4, -0.2) is 86.4 Å². The number of aliphatic hydroxyl groups is 5. The Morgan fingerprint density at radius 1 is 1.29 bits per heavy atom. The molecule has 0 radical (unpaired) electrons. The predicted octanol–water partition coefficient (Wildman–Crippen LogP) is -3.62. The molecular formula is C11H21NO9. The van der Waals surface area contributed by atoms with Crippen molar-refractivity contribution in [1.82, 2.24) is 5.32 Å². The third-order valence-electron chi connectivity index (χ3n) is 2.65. The number of carboxylic acids is 1. The smallest absolute Gasteiger partial charge is 0.364 e. The van der Waals surface area contributed by atoms with Crippen LogP contribution in [0.3, 0.4) is 0 Å². The summed E-state index contributed by atoms with van der Waals surface area (Å²) in [4.78, 5) is 21.8. The molecule has 21 heavy (non-hydrogen) atoms. The Bertz CT molecular complexity index is 351. The second-order valence-electron chi connectivity index (χ2n) is 4.40. The maximum absolute atomic E-state index is 11.0. The lowest BCUT2D eigenvalue weighted by atomic mass is 10.1. The van der Waals surface area contributed by atoms with Gasteiger partial charge in [0.15, 0.2) is 0 Å². The molecule has 1 amide bonds. The van der Waals surface area contributed by atoms with Gasteiger partial charge in [-0.15, -0.1) is 0 Å². The molecule has 0 heterocycles. The van der Waals surface area contributed by atoms with Gasteiger partial charge < -0.3 is 40.7 Å². The average Bonchev–Trinajstić information content (AvgIpc) is 2.41. The number of ether oxygens (including phenoxy) is 1. The zero-order valence-electron chi connectivity index (χ0n) is 11.5. The van der Waals surface area contributed by atoms with Crippen molar-refractivity contribution in [1.29, 1.82) is 0 Å². The average molecular weight is 311 g/mol. The van der Waals surface area contributed by atoms with E-state index >= 15 is 0 Å². The second-order valence-corrected chi connectivity index (χ2v) is 4.40. The molecule has 0 aliphatic rings. The Morgan fingerprint density at radius 2 is 1.86 bits per heavy atom. The van der Waals surface area contributed by atoms with E-state index in [4.69, 9.17) is 20.1 Å². The largest absolute Gasteiger partial charge is 0.477 e. The molecule has 0 aliphatic carbocycles. The molecule has 1 unspecified atom stereocenters.